The van der Waals surface area contributed by atoms with Crippen molar-refractivity contribution in [1.29, 1.82) is 0 Å². The zero-order valence-corrected chi connectivity index (χ0v) is 23.1. The second-order valence-corrected chi connectivity index (χ2v) is 10.1. The monoisotopic (exact) mass is 553 g/mol. The van der Waals surface area contributed by atoms with Gasteiger partial charge in [0.2, 0.25) is 0 Å². The van der Waals surface area contributed by atoms with Gasteiger partial charge in [-0.1, -0.05) is 91.0 Å². The number of aliphatic hydroxyl groups is 1. The fourth-order valence-corrected chi connectivity index (χ4v) is 4.79. The maximum absolute atomic E-state index is 11.4. The summed E-state index contributed by atoms with van der Waals surface area (Å²) in [6.45, 7) is 1.07. The van der Waals surface area contributed by atoms with Crippen molar-refractivity contribution >= 4 is 17.0 Å². The third-order valence-corrected chi connectivity index (χ3v) is 7.05. The van der Waals surface area contributed by atoms with Gasteiger partial charge >= 0.3 is 8.60 Å². The molecule has 1 saturated heterocycles. The Hall–Kier alpha value is -2.17. The zero-order chi connectivity index (χ0) is 26.6. The molecule has 1 aliphatic rings. The highest BCUT2D eigenvalue weighted by Gasteiger charge is 2.48. The Labute approximate surface area is 233 Å². The highest BCUT2D eigenvalue weighted by molar-refractivity contribution is 7.41. The molecule has 1 fully saturated rings. The van der Waals surface area contributed by atoms with Crippen LogP contribution >= 0.6 is 8.60 Å². The van der Waals surface area contributed by atoms with Crippen molar-refractivity contribution in [2.75, 3.05) is 20.8 Å². The Morgan fingerprint density at radius 2 is 1.15 bits per heavy atom. The Kier molecular flexibility index (Phi) is 13.5. The lowest BCUT2D eigenvalue weighted by atomic mass is 9.98. The van der Waals surface area contributed by atoms with Gasteiger partial charge in [0.25, 0.3) is 0 Å². The van der Waals surface area contributed by atoms with E-state index in [1.54, 1.807) is 0 Å². The molecular weight excluding hydrogens is 518 g/mol. The average molecular weight is 553 g/mol. The van der Waals surface area contributed by atoms with E-state index in [2.05, 4.69) is 0 Å². The molecule has 0 aliphatic carbocycles. The molecule has 4 rings (SSSR count). The molecule has 1 heterocycles. The minimum atomic E-state index is -1.71. The van der Waals surface area contributed by atoms with Crippen molar-refractivity contribution in [3.63, 3.8) is 0 Å². The largest absolute Gasteiger partial charge is 0.387 e. The molecule has 10 heteroatoms. The lowest BCUT2D eigenvalue weighted by molar-refractivity contribution is -0.303. The van der Waals surface area contributed by atoms with Gasteiger partial charge in [-0.15, -0.1) is 0 Å². The SMILES string of the molecule is COP(OC)O[C@H]1O[C@H](COCc2ccccc2)[C@@H](O)[C@H](OCc2ccccc2)[C@H]1OCc1ccccc1.[B]. The van der Waals surface area contributed by atoms with Crippen LogP contribution in [0.3, 0.4) is 0 Å². The zero-order valence-electron chi connectivity index (χ0n) is 22.2. The van der Waals surface area contributed by atoms with Gasteiger partial charge in [0, 0.05) is 22.6 Å². The summed E-state index contributed by atoms with van der Waals surface area (Å²) in [6, 6.07) is 29.3. The molecule has 0 amide bonds. The van der Waals surface area contributed by atoms with Crippen molar-refractivity contribution in [3.8, 4) is 0 Å². The summed E-state index contributed by atoms with van der Waals surface area (Å²) < 4.78 is 41.4. The van der Waals surface area contributed by atoms with Gasteiger partial charge in [0.1, 0.15) is 24.4 Å². The topological polar surface area (TPSA) is 84.8 Å². The predicted octanol–water partition coefficient (Wildman–Crippen LogP) is 4.62. The van der Waals surface area contributed by atoms with Crippen LogP contribution in [0.1, 0.15) is 16.7 Å². The number of benzene rings is 3. The van der Waals surface area contributed by atoms with Crippen LogP contribution in [0.25, 0.3) is 0 Å². The molecule has 1 aliphatic heterocycles. The molecule has 39 heavy (non-hydrogen) atoms. The van der Waals surface area contributed by atoms with Crippen LogP contribution in [0.15, 0.2) is 91.0 Å². The summed E-state index contributed by atoms with van der Waals surface area (Å²) in [5.74, 6) is 0. The first-order chi connectivity index (χ1) is 18.7. The normalized spacial score (nSPS) is 22.9. The fourth-order valence-electron chi connectivity index (χ4n) is 4.13. The fraction of sp³-hybridized carbons (Fsp3) is 0.379. The quantitative estimate of drug-likeness (QED) is 0.229. The number of hydrogen-bond acceptors (Lipinski definition) is 8. The Balaban J connectivity index is 0.00000420. The van der Waals surface area contributed by atoms with E-state index in [1.807, 2.05) is 91.0 Å². The molecule has 0 aromatic heterocycles. The van der Waals surface area contributed by atoms with Gasteiger partial charge in [-0.2, -0.15) is 0 Å². The van der Waals surface area contributed by atoms with Gasteiger partial charge in [-0.25, -0.2) is 0 Å². The molecule has 3 radical (unpaired) electrons. The van der Waals surface area contributed by atoms with Crippen LogP contribution in [0.5, 0.6) is 0 Å². The van der Waals surface area contributed by atoms with Gasteiger partial charge in [-0.05, 0) is 16.7 Å². The summed E-state index contributed by atoms with van der Waals surface area (Å²) in [5, 5.41) is 11.4. The molecule has 3 aromatic rings. The first kappa shape index (κ1) is 31.4. The second-order valence-electron chi connectivity index (χ2n) is 8.75. The van der Waals surface area contributed by atoms with Crippen LogP contribution < -0.4 is 0 Å². The van der Waals surface area contributed by atoms with Crippen LogP contribution in [0.2, 0.25) is 0 Å². The number of rotatable bonds is 14. The van der Waals surface area contributed by atoms with Crippen LogP contribution in [0, 0.1) is 0 Å². The van der Waals surface area contributed by atoms with E-state index in [-0.39, 0.29) is 28.2 Å². The van der Waals surface area contributed by atoms with E-state index in [0.29, 0.717) is 6.61 Å². The van der Waals surface area contributed by atoms with Crippen LogP contribution in [-0.2, 0) is 52.3 Å². The summed E-state index contributed by atoms with van der Waals surface area (Å²) >= 11 is 0. The Bertz CT molecular complexity index is 1040. The summed E-state index contributed by atoms with van der Waals surface area (Å²) in [4.78, 5) is 0. The molecule has 5 atom stereocenters. The highest BCUT2D eigenvalue weighted by atomic mass is 31.2. The molecule has 0 saturated carbocycles. The first-order valence-corrected chi connectivity index (χ1v) is 13.6. The molecule has 207 valence electrons. The van der Waals surface area contributed by atoms with E-state index in [9.17, 15) is 5.11 Å². The summed E-state index contributed by atoms with van der Waals surface area (Å²) in [5.41, 5.74) is 2.96. The van der Waals surface area contributed by atoms with E-state index in [4.69, 9.17) is 32.5 Å². The third-order valence-electron chi connectivity index (χ3n) is 6.07. The lowest BCUT2D eigenvalue weighted by Gasteiger charge is -2.44. The predicted molar refractivity (Wildman–Crippen MR) is 149 cm³/mol. The maximum atomic E-state index is 11.4. The lowest BCUT2D eigenvalue weighted by Crippen LogP contribution is -2.60. The standard InChI is InChI=1S/C29H35O8P.B/c1-31-38(32-2)37-29-28(35-20-24-16-10-5-11-17-24)27(34-19-23-14-8-4-9-15-23)26(30)25(36-29)21-33-18-22-12-6-3-7-13-22;/h3-17,25-30H,18-21H2,1-2H3;/t25-,26-,27+,28-,29-;/m1./s1. The van der Waals surface area contributed by atoms with Gasteiger partial charge in [0.05, 0.1) is 26.4 Å². The second kappa shape index (κ2) is 16.8. The van der Waals surface area contributed by atoms with Gasteiger partial charge in [-0.3, -0.25) is 4.52 Å². The maximum Gasteiger partial charge on any atom is 0.334 e. The summed E-state index contributed by atoms with van der Waals surface area (Å²) in [6.07, 6.45) is -4.24. The Morgan fingerprint density at radius 1 is 0.692 bits per heavy atom. The van der Waals surface area contributed by atoms with E-state index >= 15 is 0 Å². The van der Waals surface area contributed by atoms with Crippen molar-refractivity contribution in [1.82, 2.24) is 0 Å². The van der Waals surface area contributed by atoms with E-state index in [0.717, 1.165) is 16.7 Å². The van der Waals surface area contributed by atoms with E-state index < -0.39 is 39.3 Å². The molecular formula is C29H35BO8P. The third kappa shape index (κ3) is 9.47. The number of hydrogen-bond donors (Lipinski definition) is 1. The van der Waals surface area contributed by atoms with Crippen molar-refractivity contribution in [2.45, 2.75) is 50.5 Å². The first-order valence-electron chi connectivity index (χ1n) is 12.5. The molecule has 0 unspecified atom stereocenters. The van der Waals surface area contributed by atoms with Crippen molar-refractivity contribution < 1.29 is 37.6 Å². The number of aliphatic hydroxyl groups excluding tert-OH is 1. The molecule has 0 spiro atoms. The Morgan fingerprint density at radius 3 is 1.64 bits per heavy atom. The average Bonchev–Trinajstić information content (AvgIpc) is 2.97. The minimum Gasteiger partial charge on any atom is -0.387 e. The highest BCUT2D eigenvalue weighted by Crippen LogP contribution is 2.42. The minimum absolute atomic E-state index is 0. The van der Waals surface area contributed by atoms with Crippen LogP contribution in [-0.4, -0.2) is 65.1 Å². The molecule has 0 bridgehead atoms. The molecule has 8 nitrogen and oxygen atoms in total. The van der Waals surface area contributed by atoms with Gasteiger partial charge < -0.3 is 33.1 Å². The van der Waals surface area contributed by atoms with Crippen molar-refractivity contribution in [3.05, 3.63) is 108 Å². The van der Waals surface area contributed by atoms with Crippen LogP contribution in [0.4, 0.5) is 0 Å². The number of ether oxygens (including phenoxy) is 4. The molecule has 1 N–H and O–H groups in total. The summed E-state index contributed by atoms with van der Waals surface area (Å²) in [7, 11) is 1.28. The van der Waals surface area contributed by atoms with E-state index in [1.165, 1.54) is 14.2 Å². The molecule has 3 aromatic carbocycles. The van der Waals surface area contributed by atoms with Gasteiger partial charge in [0.15, 0.2) is 6.29 Å². The smallest absolute Gasteiger partial charge is 0.334 e. The van der Waals surface area contributed by atoms with Crippen molar-refractivity contribution in [2.24, 2.45) is 0 Å².